The molecule has 4 heteroatoms. The SMILES string of the molecule is CCC1(c2cccc(Br)c2)CN=C(N)N1C1CC1. The molecule has 1 fully saturated rings. The third kappa shape index (κ3) is 1.74. The lowest BCUT2D eigenvalue weighted by Gasteiger charge is -2.39. The maximum absolute atomic E-state index is 6.11. The summed E-state index contributed by atoms with van der Waals surface area (Å²) < 4.78 is 1.12. The predicted octanol–water partition coefficient (Wildman–Crippen LogP) is 2.85. The van der Waals surface area contributed by atoms with Crippen molar-refractivity contribution in [3.8, 4) is 0 Å². The highest BCUT2D eigenvalue weighted by molar-refractivity contribution is 9.10. The van der Waals surface area contributed by atoms with Crippen LogP contribution < -0.4 is 5.73 Å². The molecule has 1 saturated carbocycles. The van der Waals surface area contributed by atoms with E-state index in [4.69, 9.17) is 5.73 Å². The predicted molar refractivity (Wildman–Crippen MR) is 77.5 cm³/mol. The second-order valence-electron chi connectivity index (χ2n) is 5.17. The largest absolute Gasteiger partial charge is 0.370 e. The van der Waals surface area contributed by atoms with Crippen molar-refractivity contribution in [1.29, 1.82) is 0 Å². The van der Waals surface area contributed by atoms with Crippen molar-refractivity contribution in [2.24, 2.45) is 10.7 Å². The molecule has 1 aromatic rings. The summed E-state index contributed by atoms with van der Waals surface area (Å²) in [6.45, 7) is 3.01. The lowest BCUT2D eigenvalue weighted by atomic mass is 9.86. The van der Waals surface area contributed by atoms with E-state index in [1.54, 1.807) is 0 Å². The second-order valence-corrected chi connectivity index (χ2v) is 6.09. The molecule has 96 valence electrons. The Morgan fingerprint density at radius 2 is 2.28 bits per heavy atom. The van der Waals surface area contributed by atoms with E-state index in [9.17, 15) is 0 Å². The molecule has 1 heterocycles. The molecule has 0 spiro atoms. The van der Waals surface area contributed by atoms with Gasteiger partial charge in [0.1, 0.15) is 0 Å². The van der Waals surface area contributed by atoms with Crippen LogP contribution >= 0.6 is 15.9 Å². The van der Waals surface area contributed by atoms with Gasteiger partial charge < -0.3 is 10.6 Å². The van der Waals surface area contributed by atoms with Crippen LogP contribution in [0.1, 0.15) is 31.7 Å². The molecule has 1 aliphatic heterocycles. The van der Waals surface area contributed by atoms with Crippen molar-refractivity contribution in [2.75, 3.05) is 6.54 Å². The summed E-state index contributed by atoms with van der Waals surface area (Å²) in [5.74, 6) is 0.722. The molecule has 0 amide bonds. The number of nitrogens with zero attached hydrogens (tertiary/aromatic N) is 2. The van der Waals surface area contributed by atoms with Crippen LogP contribution in [0.3, 0.4) is 0 Å². The molecule has 0 aromatic heterocycles. The number of halogens is 1. The number of nitrogens with two attached hydrogens (primary N) is 1. The fourth-order valence-corrected chi connectivity index (χ4v) is 3.35. The number of hydrogen-bond acceptors (Lipinski definition) is 3. The fourth-order valence-electron chi connectivity index (χ4n) is 2.95. The third-order valence-corrected chi connectivity index (χ3v) is 4.56. The summed E-state index contributed by atoms with van der Waals surface area (Å²) in [5.41, 5.74) is 7.39. The summed E-state index contributed by atoms with van der Waals surface area (Å²) in [4.78, 5) is 6.87. The summed E-state index contributed by atoms with van der Waals surface area (Å²) in [5, 5.41) is 0. The zero-order valence-corrected chi connectivity index (χ0v) is 12.2. The number of aliphatic imine (C=N–C) groups is 1. The van der Waals surface area contributed by atoms with Crippen LogP contribution in [0.4, 0.5) is 0 Å². The zero-order chi connectivity index (χ0) is 12.8. The van der Waals surface area contributed by atoms with E-state index in [0.29, 0.717) is 6.04 Å². The van der Waals surface area contributed by atoms with Gasteiger partial charge in [-0.15, -0.1) is 0 Å². The van der Waals surface area contributed by atoms with E-state index >= 15 is 0 Å². The molecule has 0 radical (unpaired) electrons. The van der Waals surface area contributed by atoms with Gasteiger partial charge in [0, 0.05) is 10.5 Å². The Hall–Kier alpha value is -1.03. The number of benzene rings is 1. The standard InChI is InChI=1S/C14H18BrN3/c1-2-14(10-4-3-5-11(15)8-10)9-17-13(16)18(14)12-6-7-12/h3-5,8,12H,2,6-7,9H2,1H3,(H2,16,17). The molecule has 1 aromatic carbocycles. The normalized spacial score (nSPS) is 27.4. The Bertz CT molecular complexity index is 496. The van der Waals surface area contributed by atoms with Gasteiger partial charge in [0.15, 0.2) is 5.96 Å². The van der Waals surface area contributed by atoms with Gasteiger partial charge in [0.05, 0.1) is 12.1 Å². The third-order valence-electron chi connectivity index (χ3n) is 4.07. The lowest BCUT2D eigenvalue weighted by Crippen LogP contribution is -2.50. The molecule has 18 heavy (non-hydrogen) atoms. The van der Waals surface area contributed by atoms with E-state index in [1.165, 1.54) is 18.4 Å². The van der Waals surface area contributed by atoms with Crippen LogP contribution in [0.15, 0.2) is 33.7 Å². The summed E-state index contributed by atoms with van der Waals surface area (Å²) >= 11 is 3.56. The van der Waals surface area contributed by atoms with E-state index in [0.717, 1.165) is 23.4 Å². The van der Waals surface area contributed by atoms with Gasteiger partial charge in [-0.05, 0) is 37.0 Å². The van der Waals surface area contributed by atoms with Crippen LogP contribution in [0.25, 0.3) is 0 Å². The first-order valence-corrected chi connectivity index (χ1v) is 7.32. The minimum Gasteiger partial charge on any atom is -0.370 e. The van der Waals surface area contributed by atoms with E-state index in [-0.39, 0.29) is 5.54 Å². The van der Waals surface area contributed by atoms with Crippen molar-refractivity contribution in [1.82, 2.24) is 4.90 Å². The molecule has 1 aliphatic carbocycles. The molecule has 0 bridgehead atoms. The Kier molecular flexibility index (Phi) is 2.85. The van der Waals surface area contributed by atoms with Crippen molar-refractivity contribution in [3.63, 3.8) is 0 Å². The highest BCUT2D eigenvalue weighted by Gasteiger charge is 2.48. The van der Waals surface area contributed by atoms with E-state index in [1.807, 2.05) is 0 Å². The second kappa shape index (κ2) is 4.26. The van der Waals surface area contributed by atoms with Crippen molar-refractivity contribution < 1.29 is 0 Å². The Labute approximate surface area is 116 Å². The quantitative estimate of drug-likeness (QED) is 0.933. The smallest absolute Gasteiger partial charge is 0.192 e. The van der Waals surface area contributed by atoms with Crippen molar-refractivity contribution >= 4 is 21.9 Å². The first-order valence-electron chi connectivity index (χ1n) is 6.52. The highest BCUT2D eigenvalue weighted by atomic mass is 79.9. The van der Waals surface area contributed by atoms with Crippen LogP contribution in [0, 0.1) is 0 Å². The maximum Gasteiger partial charge on any atom is 0.192 e. The van der Waals surface area contributed by atoms with Crippen molar-refractivity contribution in [3.05, 3.63) is 34.3 Å². The number of guanidine groups is 1. The summed E-state index contributed by atoms with van der Waals surface area (Å²) in [6, 6.07) is 9.14. The van der Waals surface area contributed by atoms with Crippen LogP contribution in [-0.2, 0) is 5.54 Å². The first-order chi connectivity index (χ1) is 8.67. The monoisotopic (exact) mass is 307 g/mol. The van der Waals surface area contributed by atoms with Gasteiger partial charge in [0.2, 0.25) is 0 Å². The lowest BCUT2D eigenvalue weighted by molar-refractivity contribution is 0.185. The minimum absolute atomic E-state index is 0.0327. The molecule has 3 rings (SSSR count). The van der Waals surface area contributed by atoms with Gasteiger partial charge in [-0.3, -0.25) is 4.99 Å². The molecular formula is C14H18BrN3. The topological polar surface area (TPSA) is 41.6 Å². The first kappa shape index (κ1) is 12.0. The highest BCUT2D eigenvalue weighted by Crippen LogP contribution is 2.43. The molecule has 2 aliphatic rings. The molecule has 0 saturated heterocycles. The average molecular weight is 308 g/mol. The van der Waals surface area contributed by atoms with Gasteiger partial charge >= 0.3 is 0 Å². The number of hydrogen-bond donors (Lipinski definition) is 1. The van der Waals surface area contributed by atoms with E-state index in [2.05, 4.69) is 57.0 Å². The van der Waals surface area contributed by atoms with Crippen LogP contribution in [-0.4, -0.2) is 23.4 Å². The minimum atomic E-state index is -0.0327. The molecule has 1 unspecified atom stereocenters. The fraction of sp³-hybridized carbons (Fsp3) is 0.500. The summed E-state index contributed by atoms with van der Waals surface area (Å²) in [7, 11) is 0. The molecular weight excluding hydrogens is 290 g/mol. The van der Waals surface area contributed by atoms with Gasteiger partial charge in [-0.1, -0.05) is 35.0 Å². The summed E-state index contributed by atoms with van der Waals surface area (Å²) in [6.07, 6.45) is 3.52. The molecule has 2 N–H and O–H groups in total. The Balaban J connectivity index is 2.04. The maximum atomic E-state index is 6.11. The zero-order valence-electron chi connectivity index (χ0n) is 10.6. The molecule has 3 nitrogen and oxygen atoms in total. The Morgan fingerprint density at radius 1 is 1.50 bits per heavy atom. The number of rotatable bonds is 3. The molecule has 1 atom stereocenters. The van der Waals surface area contributed by atoms with Crippen LogP contribution in [0.5, 0.6) is 0 Å². The van der Waals surface area contributed by atoms with Gasteiger partial charge in [0.25, 0.3) is 0 Å². The van der Waals surface area contributed by atoms with Gasteiger partial charge in [-0.25, -0.2) is 0 Å². The van der Waals surface area contributed by atoms with E-state index < -0.39 is 0 Å². The van der Waals surface area contributed by atoms with Gasteiger partial charge in [-0.2, -0.15) is 0 Å². The average Bonchev–Trinajstić information content (AvgIpc) is 3.13. The van der Waals surface area contributed by atoms with Crippen LogP contribution in [0.2, 0.25) is 0 Å². The Morgan fingerprint density at radius 3 is 2.89 bits per heavy atom. The van der Waals surface area contributed by atoms with Crippen molar-refractivity contribution in [2.45, 2.75) is 37.8 Å².